The maximum atomic E-state index is 13.4. The van der Waals surface area contributed by atoms with E-state index >= 15 is 0 Å². The molecule has 0 radical (unpaired) electrons. The van der Waals surface area contributed by atoms with Gasteiger partial charge < -0.3 is 10.4 Å². The zero-order valence-corrected chi connectivity index (χ0v) is 13.1. The van der Waals surface area contributed by atoms with Crippen molar-refractivity contribution in [2.24, 2.45) is 0 Å². The second kappa shape index (κ2) is 6.80. The van der Waals surface area contributed by atoms with Gasteiger partial charge in [0.15, 0.2) is 0 Å². The summed E-state index contributed by atoms with van der Waals surface area (Å²) >= 11 is 0. The molecule has 0 fully saturated rings. The number of halogens is 1. The first-order chi connectivity index (χ1) is 11.2. The van der Waals surface area contributed by atoms with E-state index in [1.54, 1.807) is 0 Å². The summed E-state index contributed by atoms with van der Waals surface area (Å²) in [5.41, 5.74) is 1.77. The molecule has 0 aliphatic rings. The first-order valence-corrected chi connectivity index (χ1v) is 7.87. The molecule has 0 aliphatic carbocycles. The van der Waals surface area contributed by atoms with Gasteiger partial charge in [0.25, 0.3) is 0 Å². The molecule has 2 N–H and O–H groups in total. The van der Waals surface area contributed by atoms with E-state index in [4.69, 9.17) is 0 Å². The van der Waals surface area contributed by atoms with Gasteiger partial charge in [-0.3, -0.25) is 0 Å². The van der Waals surface area contributed by atoms with Crippen LogP contribution in [0.15, 0.2) is 60.7 Å². The topological polar surface area (TPSA) is 32.3 Å². The molecule has 0 saturated heterocycles. The highest BCUT2D eigenvalue weighted by Crippen LogP contribution is 2.27. The summed E-state index contributed by atoms with van der Waals surface area (Å²) in [6.45, 7) is 2.68. The lowest BCUT2D eigenvalue weighted by Gasteiger charge is -2.19. The van der Waals surface area contributed by atoms with Crippen molar-refractivity contribution in [2.75, 3.05) is 0 Å². The average Bonchev–Trinajstić information content (AvgIpc) is 2.58. The van der Waals surface area contributed by atoms with E-state index in [0.717, 1.165) is 12.0 Å². The molecule has 3 aromatic rings. The Morgan fingerprint density at radius 3 is 2.57 bits per heavy atom. The van der Waals surface area contributed by atoms with E-state index in [2.05, 4.69) is 35.6 Å². The van der Waals surface area contributed by atoms with E-state index in [1.165, 1.54) is 29.0 Å². The standard InChI is InChI=1S/C20H20FNO/c1-2-19(18-12-17(21)9-10-20(18)23)22-13-14-7-8-15-5-3-4-6-16(15)11-14/h3-12,19,22-23H,2,13H2,1H3. The van der Waals surface area contributed by atoms with Crippen molar-refractivity contribution in [3.05, 3.63) is 77.6 Å². The highest BCUT2D eigenvalue weighted by Gasteiger charge is 2.14. The Morgan fingerprint density at radius 2 is 1.78 bits per heavy atom. The monoisotopic (exact) mass is 309 g/mol. The predicted molar refractivity (Wildman–Crippen MR) is 91.9 cm³/mol. The fourth-order valence-corrected chi connectivity index (χ4v) is 2.87. The van der Waals surface area contributed by atoms with Crippen LogP contribution in [0, 0.1) is 5.82 Å². The zero-order valence-electron chi connectivity index (χ0n) is 13.1. The van der Waals surface area contributed by atoms with Crippen molar-refractivity contribution in [1.82, 2.24) is 5.32 Å². The third-order valence-corrected chi connectivity index (χ3v) is 4.14. The quantitative estimate of drug-likeness (QED) is 0.700. The number of fused-ring (bicyclic) bond motifs is 1. The van der Waals surface area contributed by atoms with Crippen LogP contribution in [0.25, 0.3) is 10.8 Å². The van der Waals surface area contributed by atoms with Crippen molar-refractivity contribution in [3.8, 4) is 5.75 Å². The number of rotatable bonds is 5. The molecule has 118 valence electrons. The summed E-state index contributed by atoms with van der Waals surface area (Å²) in [5.74, 6) is -0.201. The summed E-state index contributed by atoms with van der Waals surface area (Å²) in [6.07, 6.45) is 0.768. The number of aromatic hydroxyl groups is 1. The van der Waals surface area contributed by atoms with Gasteiger partial charge in [-0.25, -0.2) is 4.39 Å². The third-order valence-electron chi connectivity index (χ3n) is 4.14. The van der Waals surface area contributed by atoms with Gasteiger partial charge in [0.05, 0.1) is 0 Å². The minimum Gasteiger partial charge on any atom is -0.508 e. The maximum Gasteiger partial charge on any atom is 0.123 e. The minimum atomic E-state index is -0.330. The molecule has 0 heterocycles. The van der Waals surface area contributed by atoms with Crippen LogP contribution in [0.3, 0.4) is 0 Å². The normalized spacial score (nSPS) is 12.4. The van der Waals surface area contributed by atoms with Crippen LogP contribution in [0.2, 0.25) is 0 Å². The van der Waals surface area contributed by atoms with Crippen LogP contribution >= 0.6 is 0 Å². The Kier molecular flexibility index (Phi) is 4.58. The molecule has 0 aliphatic heterocycles. The zero-order chi connectivity index (χ0) is 16.2. The molecule has 0 saturated carbocycles. The smallest absolute Gasteiger partial charge is 0.123 e. The Hall–Kier alpha value is -2.39. The average molecular weight is 309 g/mol. The second-order valence-electron chi connectivity index (χ2n) is 5.73. The Labute approximate surface area is 135 Å². The number of hydrogen-bond donors (Lipinski definition) is 2. The van der Waals surface area contributed by atoms with Gasteiger partial charge in [-0.05, 0) is 47.0 Å². The van der Waals surface area contributed by atoms with Gasteiger partial charge in [-0.15, -0.1) is 0 Å². The summed E-state index contributed by atoms with van der Waals surface area (Å²) in [4.78, 5) is 0. The summed E-state index contributed by atoms with van der Waals surface area (Å²) < 4.78 is 13.4. The Morgan fingerprint density at radius 1 is 1.00 bits per heavy atom. The van der Waals surface area contributed by atoms with Crippen LogP contribution in [-0.2, 0) is 6.54 Å². The number of phenolic OH excluding ortho intramolecular Hbond substituents is 1. The number of benzene rings is 3. The van der Waals surface area contributed by atoms with Crippen molar-refractivity contribution >= 4 is 10.8 Å². The largest absolute Gasteiger partial charge is 0.508 e. The molecule has 3 heteroatoms. The Balaban J connectivity index is 1.77. The Bertz CT molecular complexity index is 816. The molecule has 0 aromatic heterocycles. The van der Waals surface area contributed by atoms with Crippen molar-refractivity contribution in [3.63, 3.8) is 0 Å². The van der Waals surface area contributed by atoms with Gasteiger partial charge in [0.2, 0.25) is 0 Å². The molecular weight excluding hydrogens is 289 g/mol. The van der Waals surface area contributed by atoms with Crippen LogP contribution in [0.4, 0.5) is 4.39 Å². The molecule has 0 spiro atoms. The van der Waals surface area contributed by atoms with Gasteiger partial charge in [0, 0.05) is 18.2 Å². The van der Waals surface area contributed by atoms with E-state index in [0.29, 0.717) is 12.1 Å². The van der Waals surface area contributed by atoms with Crippen LogP contribution in [-0.4, -0.2) is 5.11 Å². The summed E-state index contributed by atoms with van der Waals surface area (Å²) in [6, 6.07) is 18.6. The molecule has 3 aromatic carbocycles. The molecule has 2 nitrogen and oxygen atoms in total. The van der Waals surface area contributed by atoms with Gasteiger partial charge in [-0.2, -0.15) is 0 Å². The SMILES string of the molecule is CCC(NCc1ccc2ccccc2c1)c1cc(F)ccc1O. The van der Waals surface area contributed by atoms with E-state index in [-0.39, 0.29) is 17.6 Å². The highest BCUT2D eigenvalue weighted by atomic mass is 19.1. The lowest BCUT2D eigenvalue weighted by molar-refractivity contribution is 0.437. The van der Waals surface area contributed by atoms with Crippen LogP contribution < -0.4 is 5.32 Å². The maximum absolute atomic E-state index is 13.4. The molecule has 0 amide bonds. The molecule has 1 unspecified atom stereocenters. The van der Waals surface area contributed by atoms with E-state index in [9.17, 15) is 9.50 Å². The van der Waals surface area contributed by atoms with Crippen molar-refractivity contribution in [2.45, 2.75) is 25.9 Å². The molecular formula is C20H20FNO. The second-order valence-corrected chi connectivity index (χ2v) is 5.73. The highest BCUT2D eigenvalue weighted by molar-refractivity contribution is 5.82. The van der Waals surface area contributed by atoms with Crippen molar-refractivity contribution in [1.29, 1.82) is 0 Å². The first-order valence-electron chi connectivity index (χ1n) is 7.87. The minimum absolute atomic E-state index is 0.0860. The van der Waals surface area contributed by atoms with E-state index < -0.39 is 0 Å². The van der Waals surface area contributed by atoms with Gasteiger partial charge in [0.1, 0.15) is 11.6 Å². The summed E-state index contributed by atoms with van der Waals surface area (Å²) in [5, 5.41) is 15.8. The van der Waals surface area contributed by atoms with Gasteiger partial charge in [-0.1, -0.05) is 43.3 Å². The van der Waals surface area contributed by atoms with Gasteiger partial charge >= 0.3 is 0 Å². The fourth-order valence-electron chi connectivity index (χ4n) is 2.87. The lowest BCUT2D eigenvalue weighted by Crippen LogP contribution is -2.20. The van der Waals surface area contributed by atoms with Crippen LogP contribution in [0.5, 0.6) is 5.75 Å². The van der Waals surface area contributed by atoms with E-state index in [1.807, 2.05) is 19.1 Å². The molecule has 1 atom stereocenters. The van der Waals surface area contributed by atoms with Crippen LogP contribution in [0.1, 0.15) is 30.5 Å². The molecule has 3 rings (SSSR count). The van der Waals surface area contributed by atoms with Crippen molar-refractivity contribution < 1.29 is 9.50 Å². The number of hydrogen-bond acceptors (Lipinski definition) is 2. The lowest BCUT2D eigenvalue weighted by atomic mass is 10.0. The first kappa shape index (κ1) is 15.5. The fraction of sp³-hybridized carbons (Fsp3) is 0.200. The summed E-state index contributed by atoms with van der Waals surface area (Å²) in [7, 11) is 0. The number of nitrogens with one attached hydrogen (secondary N) is 1. The molecule has 0 bridgehead atoms. The molecule has 23 heavy (non-hydrogen) atoms. The predicted octanol–water partition coefficient (Wildman–Crippen LogP) is 4.93. The number of phenols is 1. The third kappa shape index (κ3) is 3.51.